The molecule has 1 aliphatic heterocycles. The van der Waals surface area contributed by atoms with Crippen molar-refractivity contribution in [3.63, 3.8) is 0 Å². The molecule has 1 heterocycles. The maximum atomic E-state index is 13.1. The van der Waals surface area contributed by atoms with Crippen LogP contribution in [0.25, 0.3) is 0 Å². The molecule has 1 saturated heterocycles. The van der Waals surface area contributed by atoms with Crippen LogP contribution in [-0.4, -0.2) is 54.1 Å². The zero-order valence-electron chi connectivity index (χ0n) is 17.5. The first-order valence-electron chi connectivity index (χ1n) is 10.2. The molecule has 0 bridgehead atoms. The molecule has 6 heteroatoms. The average Bonchev–Trinajstić information content (AvgIpc) is 2.86. The Bertz CT molecular complexity index is 691. The van der Waals surface area contributed by atoms with Gasteiger partial charge in [-0.05, 0) is 56.2 Å². The summed E-state index contributed by atoms with van der Waals surface area (Å²) in [7, 11) is 1.90. The molecule has 0 unspecified atom stereocenters. The second-order valence-electron chi connectivity index (χ2n) is 9.27. The topological polar surface area (TPSA) is 61.9 Å². The predicted octanol–water partition coefficient (Wildman–Crippen LogP) is 3.48. The zero-order valence-corrected chi connectivity index (χ0v) is 17.5. The molecule has 0 aromatic heterocycles. The summed E-state index contributed by atoms with van der Waals surface area (Å²) in [5.74, 6) is 1.34. The van der Waals surface area contributed by atoms with Gasteiger partial charge in [-0.25, -0.2) is 9.69 Å². The fraction of sp³-hybridized carbons (Fsp3) is 0.636. The molecule has 3 rings (SSSR count). The van der Waals surface area contributed by atoms with Crippen molar-refractivity contribution in [1.29, 1.82) is 0 Å². The third-order valence-corrected chi connectivity index (χ3v) is 6.18. The van der Waals surface area contributed by atoms with E-state index >= 15 is 0 Å². The first kappa shape index (κ1) is 20.6. The number of benzene rings is 1. The molecule has 154 valence electrons. The third-order valence-electron chi connectivity index (χ3n) is 6.18. The lowest BCUT2D eigenvalue weighted by Gasteiger charge is -2.40. The van der Waals surface area contributed by atoms with Crippen LogP contribution in [0.4, 0.5) is 4.79 Å². The Morgan fingerprint density at radius 1 is 1.18 bits per heavy atom. The standard InChI is InChI=1S/C22H33N3O3/c1-21(2,3)17-10-12-22(13-11-17)19(26)25(20(27)23-22)16-24(4)14-15-28-18-8-6-5-7-9-18/h5-9,17H,10-16H2,1-4H3,(H,23,27). The summed E-state index contributed by atoms with van der Waals surface area (Å²) in [6, 6.07) is 9.36. The smallest absolute Gasteiger partial charge is 0.326 e. The largest absolute Gasteiger partial charge is 0.492 e. The van der Waals surface area contributed by atoms with Crippen molar-refractivity contribution in [2.45, 2.75) is 52.0 Å². The molecule has 0 atom stereocenters. The van der Waals surface area contributed by atoms with Crippen molar-refractivity contribution in [2.24, 2.45) is 11.3 Å². The van der Waals surface area contributed by atoms with E-state index in [1.165, 1.54) is 4.90 Å². The number of amides is 3. The number of nitrogens with zero attached hydrogens (tertiary/aromatic N) is 2. The fourth-order valence-corrected chi connectivity index (χ4v) is 4.27. The van der Waals surface area contributed by atoms with Crippen molar-refractivity contribution in [1.82, 2.24) is 15.1 Å². The lowest BCUT2D eigenvalue weighted by atomic mass is 9.67. The molecule has 1 spiro atoms. The number of rotatable bonds is 6. The Labute approximate surface area is 168 Å². The van der Waals surface area contributed by atoms with Gasteiger partial charge in [-0.2, -0.15) is 0 Å². The number of para-hydroxylation sites is 1. The van der Waals surface area contributed by atoms with Gasteiger partial charge in [0.25, 0.3) is 5.91 Å². The monoisotopic (exact) mass is 387 g/mol. The molecule has 2 aliphatic rings. The highest BCUT2D eigenvalue weighted by molar-refractivity contribution is 6.07. The maximum Gasteiger partial charge on any atom is 0.326 e. The minimum atomic E-state index is -0.694. The van der Waals surface area contributed by atoms with Gasteiger partial charge >= 0.3 is 6.03 Å². The number of hydrogen-bond acceptors (Lipinski definition) is 4. The van der Waals surface area contributed by atoms with E-state index in [2.05, 4.69) is 26.1 Å². The quantitative estimate of drug-likeness (QED) is 0.759. The molecule has 1 aliphatic carbocycles. The number of carbonyl (C=O) groups excluding carboxylic acids is 2. The van der Waals surface area contributed by atoms with Gasteiger partial charge in [-0.15, -0.1) is 0 Å². The lowest BCUT2D eigenvalue weighted by Crippen LogP contribution is -2.51. The number of urea groups is 1. The van der Waals surface area contributed by atoms with E-state index in [1.54, 1.807) is 0 Å². The maximum absolute atomic E-state index is 13.1. The van der Waals surface area contributed by atoms with Crippen LogP contribution in [0.15, 0.2) is 30.3 Å². The van der Waals surface area contributed by atoms with Gasteiger partial charge in [0.1, 0.15) is 17.9 Å². The minimum absolute atomic E-state index is 0.0688. The third kappa shape index (κ3) is 4.49. The molecular formula is C22H33N3O3. The number of imide groups is 1. The summed E-state index contributed by atoms with van der Waals surface area (Å²) in [5.41, 5.74) is -0.452. The van der Waals surface area contributed by atoms with Gasteiger partial charge in [0.15, 0.2) is 0 Å². The van der Waals surface area contributed by atoms with E-state index in [4.69, 9.17) is 4.74 Å². The minimum Gasteiger partial charge on any atom is -0.492 e. The lowest BCUT2D eigenvalue weighted by molar-refractivity contribution is -0.134. The number of hydrogen-bond donors (Lipinski definition) is 1. The Balaban J connectivity index is 1.51. The summed E-state index contributed by atoms with van der Waals surface area (Å²) in [6.45, 7) is 8.18. The van der Waals surface area contributed by atoms with Gasteiger partial charge in [0.05, 0.1) is 6.67 Å². The van der Waals surface area contributed by atoms with Gasteiger partial charge in [0, 0.05) is 6.54 Å². The van der Waals surface area contributed by atoms with E-state index in [1.807, 2.05) is 42.3 Å². The van der Waals surface area contributed by atoms with Crippen LogP contribution in [-0.2, 0) is 4.79 Å². The van der Waals surface area contributed by atoms with Gasteiger partial charge in [-0.1, -0.05) is 39.0 Å². The molecule has 28 heavy (non-hydrogen) atoms. The molecule has 1 aromatic rings. The van der Waals surface area contributed by atoms with Crippen molar-refractivity contribution in [2.75, 3.05) is 26.9 Å². The number of likely N-dealkylation sites (N-methyl/N-ethyl adjacent to an activating group) is 1. The van der Waals surface area contributed by atoms with Crippen LogP contribution in [0, 0.1) is 11.3 Å². The number of nitrogens with one attached hydrogen (secondary N) is 1. The van der Waals surface area contributed by atoms with Crippen LogP contribution in [0.3, 0.4) is 0 Å². The van der Waals surface area contributed by atoms with Gasteiger partial charge in [-0.3, -0.25) is 9.69 Å². The van der Waals surface area contributed by atoms with Crippen LogP contribution in [0.5, 0.6) is 5.75 Å². The molecule has 6 nitrogen and oxygen atoms in total. The molecular weight excluding hydrogens is 354 g/mol. The normalized spacial score (nSPS) is 25.5. The van der Waals surface area contributed by atoms with Crippen molar-refractivity contribution in [3.8, 4) is 5.75 Å². The molecule has 3 amide bonds. The zero-order chi connectivity index (χ0) is 20.4. The predicted molar refractivity (Wildman–Crippen MR) is 109 cm³/mol. The summed E-state index contributed by atoms with van der Waals surface area (Å²) in [6.07, 6.45) is 3.42. The molecule has 0 radical (unpaired) electrons. The van der Waals surface area contributed by atoms with Crippen molar-refractivity contribution < 1.29 is 14.3 Å². The number of carbonyl (C=O) groups is 2. The SMILES string of the molecule is CN(CCOc1ccccc1)CN1C(=O)NC2(CCC(C(C)(C)C)CC2)C1=O. The highest BCUT2D eigenvalue weighted by Gasteiger charge is 2.53. The first-order chi connectivity index (χ1) is 13.2. The van der Waals surface area contributed by atoms with Gasteiger partial charge in [0.2, 0.25) is 0 Å². The summed E-state index contributed by atoms with van der Waals surface area (Å²) in [4.78, 5) is 28.9. The van der Waals surface area contributed by atoms with E-state index in [0.717, 1.165) is 31.4 Å². The van der Waals surface area contributed by atoms with Crippen LogP contribution < -0.4 is 10.1 Å². The summed E-state index contributed by atoms with van der Waals surface area (Å²) < 4.78 is 5.70. The molecule has 2 fully saturated rings. The first-order valence-corrected chi connectivity index (χ1v) is 10.2. The molecule has 1 N–H and O–H groups in total. The van der Waals surface area contributed by atoms with Crippen molar-refractivity contribution in [3.05, 3.63) is 30.3 Å². The number of ether oxygens (including phenoxy) is 1. The Morgan fingerprint density at radius 2 is 1.82 bits per heavy atom. The second kappa shape index (κ2) is 8.11. The summed E-state index contributed by atoms with van der Waals surface area (Å²) >= 11 is 0. The van der Waals surface area contributed by atoms with Crippen molar-refractivity contribution >= 4 is 11.9 Å². The van der Waals surface area contributed by atoms with E-state index in [-0.39, 0.29) is 24.0 Å². The molecule has 1 saturated carbocycles. The Kier molecular flexibility index (Phi) is 5.98. The summed E-state index contributed by atoms with van der Waals surface area (Å²) in [5, 5.41) is 3.01. The van der Waals surface area contributed by atoms with E-state index in [9.17, 15) is 9.59 Å². The second-order valence-corrected chi connectivity index (χ2v) is 9.27. The highest BCUT2D eigenvalue weighted by atomic mass is 16.5. The fourth-order valence-electron chi connectivity index (χ4n) is 4.27. The molecule has 1 aromatic carbocycles. The van der Waals surface area contributed by atoms with E-state index in [0.29, 0.717) is 19.1 Å². The highest BCUT2D eigenvalue weighted by Crippen LogP contribution is 2.43. The van der Waals surface area contributed by atoms with Gasteiger partial charge < -0.3 is 10.1 Å². The van der Waals surface area contributed by atoms with E-state index < -0.39 is 5.54 Å². The average molecular weight is 388 g/mol. The van der Waals surface area contributed by atoms with Crippen LogP contribution in [0.1, 0.15) is 46.5 Å². The van der Waals surface area contributed by atoms with Crippen LogP contribution in [0.2, 0.25) is 0 Å². The Hall–Kier alpha value is -2.08. The van der Waals surface area contributed by atoms with Crippen LogP contribution >= 0.6 is 0 Å². The Morgan fingerprint density at radius 3 is 2.43 bits per heavy atom.